The van der Waals surface area contributed by atoms with E-state index in [0.717, 1.165) is 13.0 Å². The van der Waals surface area contributed by atoms with Crippen LogP contribution in [0, 0.1) is 5.41 Å². The van der Waals surface area contributed by atoms with Gasteiger partial charge in [0.1, 0.15) is 0 Å². The molecule has 1 aliphatic rings. The molecule has 2 nitrogen and oxygen atoms in total. The molecule has 1 aromatic carbocycles. The van der Waals surface area contributed by atoms with Crippen molar-refractivity contribution in [3.63, 3.8) is 0 Å². The Morgan fingerprint density at radius 3 is 2.79 bits per heavy atom. The quantitative estimate of drug-likeness (QED) is 0.711. The van der Waals surface area contributed by atoms with E-state index in [9.17, 15) is 0 Å². The summed E-state index contributed by atoms with van der Waals surface area (Å²) >= 11 is 0. The Labute approximate surface area is 85.7 Å². The van der Waals surface area contributed by atoms with Crippen molar-refractivity contribution in [3.8, 4) is 0 Å². The number of benzene rings is 1. The molecule has 0 atom stereocenters. The smallest absolute Gasteiger partial charge is 0.0533 e. The number of anilines is 1. The zero-order chi connectivity index (χ0) is 10.2. The fraction of sp³-hybridized carbons (Fsp3) is 0.500. The number of hydrogen-bond acceptors (Lipinski definition) is 2. The first-order valence-corrected chi connectivity index (χ1v) is 5.15. The molecule has 0 saturated heterocycles. The summed E-state index contributed by atoms with van der Waals surface area (Å²) in [6.45, 7) is 7.76. The Kier molecular flexibility index (Phi) is 2.23. The van der Waals surface area contributed by atoms with Gasteiger partial charge in [-0.2, -0.15) is 0 Å². The third-order valence-electron chi connectivity index (χ3n) is 2.41. The van der Waals surface area contributed by atoms with Crippen molar-refractivity contribution >= 4 is 5.69 Å². The summed E-state index contributed by atoms with van der Waals surface area (Å²) in [5.41, 5.74) is 10.7. The third kappa shape index (κ3) is 2.07. The fourth-order valence-corrected chi connectivity index (χ4v) is 1.87. The average Bonchev–Trinajstić information content (AvgIpc) is 2.47. The van der Waals surface area contributed by atoms with Crippen LogP contribution in [0.5, 0.6) is 0 Å². The van der Waals surface area contributed by atoms with Gasteiger partial charge in [0.2, 0.25) is 0 Å². The minimum absolute atomic E-state index is 0.369. The average molecular weight is 190 g/mol. The van der Waals surface area contributed by atoms with Gasteiger partial charge in [-0.15, -0.1) is 0 Å². The molecule has 0 saturated carbocycles. The van der Waals surface area contributed by atoms with E-state index in [0.29, 0.717) is 5.41 Å². The normalized spacial score (nSPS) is 15.1. The Balaban J connectivity index is 2.21. The topological polar surface area (TPSA) is 24.1 Å². The maximum absolute atomic E-state index is 3.14. The van der Waals surface area contributed by atoms with Crippen LogP contribution < -0.4 is 10.9 Å². The second kappa shape index (κ2) is 3.28. The summed E-state index contributed by atoms with van der Waals surface area (Å²) in [6.07, 6.45) is 1.14. The summed E-state index contributed by atoms with van der Waals surface area (Å²) in [5, 5.41) is 0. The fourth-order valence-electron chi connectivity index (χ4n) is 1.87. The molecule has 2 heteroatoms. The molecule has 2 N–H and O–H groups in total. The molecule has 2 rings (SSSR count). The lowest BCUT2D eigenvalue weighted by Crippen LogP contribution is -2.10. The Bertz CT molecular complexity index is 337. The first-order chi connectivity index (χ1) is 6.54. The minimum atomic E-state index is 0.369. The number of fused-ring (bicyclic) bond motifs is 1. The van der Waals surface area contributed by atoms with E-state index in [4.69, 9.17) is 0 Å². The molecular formula is C12H18N2. The molecular weight excluding hydrogens is 172 g/mol. The van der Waals surface area contributed by atoms with Crippen molar-refractivity contribution in [1.82, 2.24) is 5.43 Å². The van der Waals surface area contributed by atoms with Crippen molar-refractivity contribution < 1.29 is 0 Å². The van der Waals surface area contributed by atoms with Crippen LogP contribution in [-0.2, 0) is 13.0 Å². The van der Waals surface area contributed by atoms with Crippen molar-refractivity contribution in [3.05, 3.63) is 29.3 Å². The van der Waals surface area contributed by atoms with Crippen LogP contribution in [0.4, 0.5) is 5.69 Å². The number of rotatable bonds is 1. The lowest BCUT2D eigenvalue weighted by atomic mass is 9.87. The second-order valence-electron chi connectivity index (χ2n) is 5.21. The molecule has 0 radical (unpaired) electrons. The zero-order valence-corrected chi connectivity index (χ0v) is 9.15. The summed E-state index contributed by atoms with van der Waals surface area (Å²) in [4.78, 5) is 0. The largest absolute Gasteiger partial charge is 0.321 e. The number of hydrogen-bond donors (Lipinski definition) is 2. The van der Waals surface area contributed by atoms with Crippen LogP contribution in [0.3, 0.4) is 0 Å². The van der Waals surface area contributed by atoms with Crippen LogP contribution in [-0.4, -0.2) is 0 Å². The number of nitrogens with one attached hydrogen (secondary N) is 2. The van der Waals surface area contributed by atoms with Gasteiger partial charge in [0.15, 0.2) is 0 Å². The van der Waals surface area contributed by atoms with Crippen molar-refractivity contribution in [2.45, 2.75) is 33.7 Å². The van der Waals surface area contributed by atoms with Gasteiger partial charge in [-0.3, -0.25) is 0 Å². The summed E-state index contributed by atoms with van der Waals surface area (Å²) in [7, 11) is 0. The molecule has 14 heavy (non-hydrogen) atoms. The SMILES string of the molecule is CC(C)(C)Cc1ccc2c(c1)CNN2. The van der Waals surface area contributed by atoms with Crippen molar-refractivity contribution in [2.24, 2.45) is 5.41 Å². The molecule has 1 aromatic rings. The second-order valence-corrected chi connectivity index (χ2v) is 5.21. The van der Waals surface area contributed by atoms with Gasteiger partial charge in [-0.25, -0.2) is 5.43 Å². The number of hydrazine groups is 1. The van der Waals surface area contributed by atoms with Crippen LogP contribution in [0.1, 0.15) is 31.9 Å². The molecule has 0 spiro atoms. The van der Waals surface area contributed by atoms with Crippen molar-refractivity contribution in [2.75, 3.05) is 5.43 Å². The van der Waals surface area contributed by atoms with Crippen LogP contribution in [0.2, 0.25) is 0 Å². The highest BCUT2D eigenvalue weighted by Crippen LogP contribution is 2.25. The first-order valence-electron chi connectivity index (χ1n) is 5.15. The van der Waals surface area contributed by atoms with E-state index in [1.807, 2.05) is 0 Å². The van der Waals surface area contributed by atoms with E-state index in [-0.39, 0.29) is 0 Å². The monoisotopic (exact) mass is 190 g/mol. The molecule has 76 valence electrons. The van der Waals surface area contributed by atoms with Crippen LogP contribution in [0.25, 0.3) is 0 Å². The highest BCUT2D eigenvalue weighted by Gasteiger charge is 2.14. The van der Waals surface area contributed by atoms with Gasteiger partial charge in [-0.05, 0) is 29.0 Å². The van der Waals surface area contributed by atoms with Gasteiger partial charge < -0.3 is 5.43 Å². The van der Waals surface area contributed by atoms with Crippen molar-refractivity contribution in [1.29, 1.82) is 0 Å². The highest BCUT2D eigenvalue weighted by atomic mass is 15.4. The maximum Gasteiger partial charge on any atom is 0.0533 e. The zero-order valence-electron chi connectivity index (χ0n) is 9.15. The van der Waals surface area contributed by atoms with E-state index in [1.54, 1.807) is 0 Å². The summed E-state index contributed by atoms with van der Waals surface area (Å²) < 4.78 is 0. The molecule has 0 amide bonds. The van der Waals surface area contributed by atoms with Crippen LogP contribution in [0.15, 0.2) is 18.2 Å². The van der Waals surface area contributed by atoms with Gasteiger partial charge >= 0.3 is 0 Å². The van der Waals surface area contributed by atoms with Gasteiger partial charge in [0.05, 0.1) is 5.69 Å². The Morgan fingerprint density at radius 1 is 1.29 bits per heavy atom. The van der Waals surface area contributed by atoms with Gasteiger partial charge in [0, 0.05) is 6.54 Å². The lowest BCUT2D eigenvalue weighted by Gasteiger charge is -2.18. The Morgan fingerprint density at radius 2 is 2.07 bits per heavy atom. The molecule has 0 bridgehead atoms. The molecule has 0 unspecified atom stereocenters. The standard InChI is InChI=1S/C12H18N2/c1-12(2,3)7-9-4-5-11-10(6-9)8-13-14-11/h4-6,13-14H,7-8H2,1-3H3. The summed E-state index contributed by atoms with van der Waals surface area (Å²) in [6, 6.07) is 6.67. The predicted octanol–water partition coefficient (Wildman–Crippen LogP) is 2.71. The molecule has 1 heterocycles. The predicted molar refractivity (Wildman–Crippen MR) is 60.1 cm³/mol. The van der Waals surface area contributed by atoms with E-state index >= 15 is 0 Å². The molecule has 1 aliphatic heterocycles. The van der Waals surface area contributed by atoms with E-state index in [1.165, 1.54) is 16.8 Å². The highest BCUT2D eigenvalue weighted by molar-refractivity contribution is 5.54. The third-order valence-corrected chi connectivity index (χ3v) is 2.41. The molecule has 0 fully saturated rings. The Hall–Kier alpha value is -1.02. The van der Waals surface area contributed by atoms with E-state index in [2.05, 4.69) is 49.8 Å². The van der Waals surface area contributed by atoms with Gasteiger partial charge in [-0.1, -0.05) is 32.9 Å². The van der Waals surface area contributed by atoms with Crippen LogP contribution >= 0.6 is 0 Å². The maximum atomic E-state index is 3.14. The molecule has 0 aliphatic carbocycles. The van der Waals surface area contributed by atoms with E-state index < -0.39 is 0 Å². The molecule has 0 aromatic heterocycles. The lowest BCUT2D eigenvalue weighted by molar-refractivity contribution is 0.411. The first kappa shape index (κ1) is 9.53. The minimum Gasteiger partial charge on any atom is -0.321 e. The van der Waals surface area contributed by atoms with Gasteiger partial charge in [0.25, 0.3) is 0 Å². The summed E-state index contributed by atoms with van der Waals surface area (Å²) in [5.74, 6) is 0.